The maximum Gasteiger partial charge on any atom is 0.0412 e. The summed E-state index contributed by atoms with van der Waals surface area (Å²) in [5.41, 5.74) is 3.87. The third-order valence-corrected chi connectivity index (χ3v) is 4.57. The molecule has 3 rings (SSSR count). The number of fused-ring (bicyclic) bond motifs is 1. The Morgan fingerprint density at radius 3 is 3.06 bits per heavy atom. The normalized spacial score (nSPS) is 18.6. The summed E-state index contributed by atoms with van der Waals surface area (Å²) < 4.78 is 0. The molecule has 1 N–H and O–H groups in total. The van der Waals surface area contributed by atoms with Crippen molar-refractivity contribution in [2.45, 2.75) is 19.3 Å². The van der Waals surface area contributed by atoms with E-state index in [4.69, 9.17) is 11.6 Å². The van der Waals surface area contributed by atoms with Crippen LogP contribution >= 0.6 is 22.9 Å². The highest BCUT2D eigenvalue weighted by Crippen LogP contribution is 2.35. The standard InChI is InChI=1S/C14H14ClNS/c1-9-5-12(15)7-10-6-11(8-16-14(9)10)13-3-2-4-17-13/h2-5,7,11,16H,6,8H2,1H3. The lowest BCUT2D eigenvalue weighted by Gasteiger charge is -2.27. The molecule has 0 spiro atoms. The Morgan fingerprint density at radius 2 is 2.29 bits per heavy atom. The molecule has 1 aliphatic rings. The lowest BCUT2D eigenvalue weighted by atomic mass is 9.91. The Bertz CT molecular complexity index is 533. The van der Waals surface area contributed by atoms with Gasteiger partial charge in [0.05, 0.1) is 0 Å². The van der Waals surface area contributed by atoms with Crippen LogP contribution in [0.1, 0.15) is 21.9 Å². The second-order valence-corrected chi connectivity index (χ2v) is 5.97. The number of benzene rings is 1. The lowest BCUT2D eigenvalue weighted by Crippen LogP contribution is -2.21. The summed E-state index contributed by atoms with van der Waals surface area (Å²) in [6.45, 7) is 3.14. The summed E-state index contributed by atoms with van der Waals surface area (Å²) in [6.07, 6.45) is 1.09. The molecular weight excluding hydrogens is 250 g/mol. The fourth-order valence-electron chi connectivity index (χ4n) is 2.51. The molecule has 0 fully saturated rings. The van der Waals surface area contributed by atoms with Gasteiger partial charge in [-0.15, -0.1) is 11.3 Å². The molecule has 0 bridgehead atoms. The van der Waals surface area contributed by atoms with E-state index in [1.807, 2.05) is 17.4 Å². The molecule has 0 saturated heterocycles. The predicted octanol–water partition coefficient (Wildman–Crippen LogP) is 4.46. The monoisotopic (exact) mass is 263 g/mol. The highest BCUT2D eigenvalue weighted by atomic mass is 35.5. The predicted molar refractivity (Wildman–Crippen MR) is 75.4 cm³/mol. The van der Waals surface area contributed by atoms with Crippen molar-refractivity contribution in [3.05, 3.63) is 50.7 Å². The number of hydrogen-bond acceptors (Lipinski definition) is 2. The minimum atomic E-state index is 0.584. The van der Waals surface area contributed by atoms with Crippen LogP contribution in [-0.2, 0) is 6.42 Å². The summed E-state index contributed by atoms with van der Waals surface area (Å²) in [5, 5.41) is 6.53. The van der Waals surface area contributed by atoms with Crippen LogP contribution in [0.15, 0.2) is 29.6 Å². The van der Waals surface area contributed by atoms with Gasteiger partial charge in [0.15, 0.2) is 0 Å². The zero-order valence-corrected chi connectivity index (χ0v) is 11.2. The van der Waals surface area contributed by atoms with E-state index >= 15 is 0 Å². The van der Waals surface area contributed by atoms with Crippen molar-refractivity contribution in [1.82, 2.24) is 0 Å². The molecule has 3 heteroatoms. The van der Waals surface area contributed by atoms with E-state index in [1.54, 1.807) is 0 Å². The zero-order valence-electron chi connectivity index (χ0n) is 9.66. The quantitative estimate of drug-likeness (QED) is 0.801. The first-order chi connectivity index (χ1) is 8.24. The second kappa shape index (κ2) is 4.35. The van der Waals surface area contributed by atoms with Gasteiger partial charge in [-0.25, -0.2) is 0 Å². The molecule has 17 heavy (non-hydrogen) atoms. The first kappa shape index (κ1) is 11.1. The van der Waals surface area contributed by atoms with Crippen LogP contribution in [0.5, 0.6) is 0 Å². The zero-order chi connectivity index (χ0) is 11.8. The van der Waals surface area contributed by atoms with Crippen molar-refractivity contribution in [2.75, 3.05) is 11.9 Å². The molecular formula is C14H14ClNS. The Labute approximate surface area is 110 Å². The molecule has 1 nitrogen and oxygen atoms in total. The maximum absolute atomic E-state index is 6.13. The van der Waals surface area contributed by atoms with Gasteiger partial charge >= 0.3 is 0 Å². The number of anilines is 1. The van der Waals surface area contributed by atoms with Crippen LogP contribution in [0.4, 0.5) is 5.69 Å². The summed E-state index contributed by atoms with van der Waals surface area (Å²) in [5.74, 6) is 0.584. The van der Waals surface area contributed by atoms with Crippen LogP contribution < -0.4 is 5.32 Å². The van der Waals surface area contributed by atoms with Crippen molar-refractivity contribution >= 4 is 28.6 Å². The number of nitrogens with one attached hydrogen (secondary N) is 1. The van der Waals surface area contributed by atoms with E-state index in [0.717, 1.165) is 18.0 Å². The number of aryl methyl sites for hydroxylation is 1. The Kier molecular flexibility index (Phi) is 2.85. The van der Waals surface area contributed by atoms with Crippen molar-refractivity contribution in [3.8, 4) is 0 Å². The molecule has 2 heterocycles. The second-order valence-electron chi connectivity index (χ2n) is 4.55. The number of rotatable bonds is 1. The summed E-state index contributed by atoms with van der Waals surface area (Å²) >= 11 is 7.97. The largest absolute Gasteiger partial charge is 0.384 e. The number of hydrogen-bond donors (Lipinski definition) is 1. The van der Waals surface area contributed by atoms with Gasteiger partial charge in [0, 0.05) is 28.0 Å². The minimum absolute atomic E-state index is 0.584. The molecule has 1 unspecified atom stereocenters. The first-order valence-corrected chi connectivity index (χ1v) is 7.06. The fourth-order valence-corrected chi connectivity index (χ4v) is 3.64. The van der Waals surface area contributed by atoms with Gasteiger partial charge in [-0.3, -0.25) is 0 Å². The molecule has 88 valence electrons. The first-order valence-electron chi connectivity index (χ1n) is 5.80. The average Bonchev–Trinajstić information content (AvgIpc) is 2.81. The molecule has 1 aliphatic heterocycles. The van der Waals surface area contributed by atoms with Crippen LogP contribution in [0, 0.1) is 6.92 Å². The van der Waals surface area contributed by atoms with Crippen LogP contribution in [0.2, 0.25) is 5.02 Å². The highest BCUT2D eigenvalue weighted by molar-refractivity contribution is 7.10. The number of halogens is 1. The lowest BCUT2D eigenvalue weighted by molar-refractivity contribution is 0.706. The van der Waals surface area contributed by atoms with Gasteiger partial charge in [0.1, 0.15) is 0 Å². The van der Waals surface area contributed by atoms with Gasteiger partial charge in [-0.2, -0.15) is 0 Å². The Balaban J connectivity index is 1.95. The SMILES string of the molecule is Cc1cc(Cl)cc2c1NCC(c1cccs1)C2. The third-order valence-electron chi connectivity index (χ3n) is 3.32. The van der Waals surface area contributed by atoms with Gasteiger partial charge in [-0.1, -0.05) is 17.7 Å². The van der Waals surface area contributed by atoms with Crippen LogP contribution in [0.3, 0.4) is 0 Å². The molecule has 1 aromatic carbocycles. The van der Waals surface area contributed by atoms with Crippen molar-refractivity contribution in [2.24, 2.45) is 0 Å². The Morgan fingerprint density at radius 1 is 1.41 bits per heavy atom. The van der Waals surface area contributed by atoms with Gasteiger partial charge in [-0.05, 0) is 48.1 Å². The van der Waals surface area contributed by atoms with Gasteiger partial charge in [0.25, 0.3) is 0 Å². The molecule has 2 aromatic rings. The highest BCUT2D eigenvalue weighted by Gasteiger charge is 2.21. The van der Waals surface area contributed by atoms with E-state index in [9.17, 15) is 0 Å². The molecule has 0 radical (unpaired) electrons. The maximum atomic E-state index is 6.13. The minimum Gasteiger partial charge on any atom is -0.384 e. The third kappa shape index (κ3) is 2.07. The smallest absolute Gasteiger partial charge is 0.0412 e. The summed E-state index contributed by atoms with van der Waals surface area (Å²) in [6, 6.07) is 8.47. The van der Waals surface area contributed by atoms with E-state index in [0.29, 0.717) is 5.92 Å². The molecule has 0 amide bonds. The van der Waals surface area contributed by atoms with E-state index in [1.165, 1.54) is 21.7 Å². The van der Waals surface area contributed by atoms with Crippen LogP contribution in [-0.4, -0.2) is 6.54 Å². The van der Waals surface area contributed by atoms with E-state index < -0.39 is 0 Å². The molecule has 0 aliphatic carbocycles. The van der Waals surface area contributed by atoms with Crippen molar-refractivity contribution < 1.29 is 0 Å². The number of thiophene rings is 1. The van der Waals surface area contributed by atoms with E-state index in [-0.39, 0.29) is 0 Å². The Hall–Kier alpha value is -0.990. The van der Waals surface area contributed by atoms with Gasteiger partial charge < -0.3 is 5.32 Å². The van der Waals surface area contributed by atoms with Crippen molar-refractivity contribution in [1.29, 1.82) is 0 Å². The average molecular weight is 264 g/mol. The summed E-state index contributed by atoms with van der Waals surface area (Å²) in [7, 11) is 0. The van der Waals surface area contributed by atoms with Gasteiger partial charge in [0.2, 0.25) is 0 Å². The fraction of sp³-hybridized carbons (Fsp3) is 0.286. The molecule has 1 aromatic heterocycles. The van der Waals surface area contributed by atoms with Crippen LogP contribution in [0.25, 0.3) is 0 Å². The summed E-state index contributed by atoms with van der Waals surface area (Å²) in [4.78, 5) is 1.46. The molecule has 0 saturated carbocycles. The molecule has 1 atom stereocenters. The van der Waals surface area contributed by atoms with E-state index in [2.05, 4.69) is 35.8 Å². The van der Waals surface area contributed by atoms with Crippen molar-refractivity contribution in [3.63, 3.8) is 0 Å². The topological polar surface area (TPSA) is 12.0 Å².